The van der Waals surface area contributed by atoms with E-state index >= 15 is 0 Å². The van der Waals surface area contributed by atoms with E-state index in [2.05, 4.69) is 10.3 Å². The van der Waals surface area contributed by atoms with Crippen LogP contribution in [0.1, 0.15) is 29.8 Å². The van der Waals surface area contributed by atoms with Crippen molar-refractivity contribution in [3.8, 4) is 0 Å². The van der Waals surface area contributed by atoms with E-state index in [0.717, 1.165) is 30.0 Å². The van der Waals surface area contributed by atoms with Gasteiger partial charge in [-0.25, -0.2) is 8.78 Å². The van der Waals surface area contributed by atoms with Crippen molar-refractivity contribution in [3.63, 3.8) is 0 Å². The lowest BCUT2D eigenvalue weighted by atomic mass is 10.0. The van der Waals surface area contributed by atoms with E-state index in [1.54, 1.807) is 11.7 Å². The Balaban J connectivity index is 2.36. The van der Waals surface area contributed by atoms with Crippen LogP contribution >= 0.6 is 11.3 Å². The van der Waals surface area contributed by atoms with E-state index in [1.165, 1.54) is 17.4 Å². The standard InChI is InChI=1S/C13H14F2N2S/c1-2-5-17-13(12-7-16-8-18-12)10-6-9(14)3-4-11(10)15/h3-4,6-8,13,17H,2,5H2,1H3. The Labute approximate surface area is 109 Å². The quantitative estimate of drug-likeness (QED) is 0.897. The highest BCUT2D eigenvalue weighted by atomic mass is 32.1. The maximum atomic E-state index is 13.8. The largest absolute Gasteiger partial charge is 0.305 e. The Kier molecular flexibility index (Phi) is 4.38. The number of aromatic nitrogens is 1. The molecule has 2 nitrogen and oxygen atoms in total. The van der Waals surface area contributed by atoms with Crippen molar-refractivity contribution in [2.24, 2.45) is 0 Å². The van der Waals surface area contributed by atoms with Gasteiger partial charge in [-0.2, -0.15) is 0 Å². The maximum absolute atomic E-state index is 13.8. The molecule has 2 aromatic rings. The Morgan fingerprint density at radius 2 is 2.22 bits per heavy atom. The van der Waals surface area contributed by atoms with E-state index in [1.807, 2.05) is 6.92 Å². The highest BCUT2D eigenvalue weighted by Crippen LogP contribution is 2.27. The Morgan fingerprint density at radius 3 is 2.89 bits per heavy atom. The first-order valence-corrected chi connectivity index (χ1v) is 6.67. The maximum Gasteiger partial charge on any atom is 0.128 e. The van der Waals surface area contributed by atoms with Gasteiger partial charge in [0.2, 0.25) is 0 Å². The molecule has 0 spiro atoms. The van der Waals surface area contributed by atoms with Crippen molar-refractivity contribution >= 4 is 11.3 Å². The molecule has 0 saturated carbocycles. The molecular formula is C13H14F2N2S. The van der Waals surface area contributed by atoms with Crippen LogP contribution in [0.4, 0.5) is 8.78 Å². The topological polar surface area (TPSA) is 24.9 Å². The van der Waals surface area contributed by atoms with Crippen LogP contribution in [0.15, 0.2) is 29.9 Å². The molecule has 1 aromatic heterocycles. The molecule has 0 aliphatic carbocycles. The molecule has 96 valence electrons. The van der Waals surface area contributed by atoms with Gasteiger partial charge >= 0.3 is 0 Å². The van der Waals surface area contributed by atoms with Crippen LogP contribution in [-0.2, 0) is 0 Å². The van der Waals surface area contributed by atoms with Gasteiger partial charge in [0.25, 0.3) is 0 Å². The second-order valence-corrected chi connectivity index (χ2v) is 4.87. The molecule has 0 saturated heterocycles. The zero-order valence-electron chi connectivity index (χ0n) is 9.99. The fraction of sp³-hybridized carbons (Fsp3) is 0.308. The first-order valence-electron chi connectivity index (χ1n) is 5.79. The predicted molar refractivity (Wildman–Crippen MR) is 68.6 cm³/mol. The molecule has 0 amide bonds. The molecule has 5 heteroatoms. The van der Waals surface area contributed by atoms with E-state index in [9.17, 15) is 8.78 Å². The normalized spacial score (nSPS) is 12.6. The summed E-state index contributed by atoms with van der Waals surface area (Å²) in [6, 6.07) is 3.19. The lowest BCUT2D eigenvalue weighted by Gasteiger charge is -2.18. The summed E-state index contributed by atoms with van der Waals surface area (Å²) in [5, 5.41) is 3.22. The SMILES string of the molecule is CCCNC(c1cncs1)c1cc(F)ccc1F. The molecule has 0 fully saturated rings. The van der Waals surface area contributed by atoms with Gasteiger partial charge in [0, 0.05) is 16.6 Å². The van der Waals surface area contributed by atoms with Gasteiger partial charge in [-0.3, -0.25) is 4.98 Å². The summed E-state index contributed by atoms with van der Waals surface area (Å²) in [4.78, 5) is 4.87. The number of hydrogen-bond donors (Lipinski definition) is 1. The van der Waals surface area contributed by atoms with Crippen LogP contribution in [0.2, 0.25) is 0 Å². The van der Waals surface area contributed by atoms with Crippen molar-refractivity contribution in [1.29, 1.82) is 0 Å². The zero-order chi connectivity index (χ0) is 13.0. The van der Waals surface area contributed by atoms with Gasteiger partial charge in [0.05, 0.1) is 11.6 Å². The molecule has 1 N–H and O–H groups in total. The van der Waals surface area contributed by atoms with Crippen molar-refractivity contribution < 1.29 is 8.78 Å². The van der Waals surface area contributed by atoms with Crippen LogP contribution in [0, 0.1) is 11.6 Å². The summed E-state index contributed by atoms with van der Waals surface area (Å²) in [5.41, 5.74) is 2.01. The molecule has 1 atom stereocenters. The number of rotatable bonds is 5. The van der Waals surface area contributed by atoms with Gasteiger partial charge in [-0.15, -0.1) is 11.3 Å². The zero-order valence-corrected chi connectivity index (χ0v) is 10.8. The van der Waals surface area contributed by atoms with E-state index in [4.69, 9.17) is 0 Å². The minimum absolute atomic E-state index is 0.327. The molecule has 0 bridgehead atoms. The van der Waals surface area contributed by atoms with Gasteiger partial charge in [-0.1, -0.05) is 6.92 Å². The van der Waals surface area contributed by atoms with Crippen LogP contribution in [-0.4, -0.2) is 11.5 Å². The monoisotopic (exact) mass is 268 g/mol. The van der Waals surface area contributed by atoms with Crippen LogP contribution < -0.4 is 5.32 Å². The van der Waals surface area contributed by atoms with E-state index in [0.29, 0.717) is 5.56 Å². The van der Waals surface area contributed by atoms with Gasteiger partial charge in [0.1, 0.15) is 11.6 Å². The number of halogens is 2. The molecule has 1 aromatic carbocycles. The third kappa shape index (κ3) is 2.91. The first kappa shape index (κ1) is 13.1. The van der Waals surface area contributed by atoms with Crippen LogP contribution in [0.5, 0.6) is 0 Å². The highest BCUT2D eigenvalue weighted by Gasteiger charge is 2.19. The summed E-state index contributed by atoms with van der Waals surface area (Å²) < 4.78 is 27.1. The lowest BCUT2D eigenvalue weighted by Crippen LogP contribution is -2.23. The Bertz CT molecular complexity index is 500. The first-order chi connectivity index (χ1) is 8.72. The summed E-state index contributed by atoms with van der Waals surface area (Å²) in [7, 11) is 0. The summed E-state index contributed by atoms with van der Waals surface area (Å²) >= 11 is 1.43. The number of nitrogens with zero attached hydrogens (tertiary/aromatic N) is 1. The summed E-state index contributed by atoms with van der Waals surface area (Å²) in [6.07, 6.45) is 2.61. The smallest absolute Gasteiger partial charge is 0.128 e. The van der Waals surface area contributed by atoms with Crippen molar-refractivity contribution in [2.75, 3.05) is 6.54 Å². The third-order valence-electron chi connectivity index (χ3n) is 2.60. The second-order valence-electron chi connectivity index (χ2n) is 3.96. The minimum Gasteiger partial charge on any atom is -0.305 e. The predicted octanol–water partition coefficient (Wildman–Crippen LogP) is 3.51. The average Bonchev–Trinajstić information content (AvgIpc) is 2.88. The Hall–Kier alpha value is -1.33. The van der Waals surface area contributed by atoms with E-state index in [-0.39, 0.29) is 6.04 Å². The number of thiazole rings is 1. The molecule has 18 heavy (non-hydrogen) atoms. The molecule has 2 rings (SSSR count). The lowest BCUT2D eigenvalue weighted by molar-refractivity contribution is 0.538. The molecular weight excluding hydrogens is 254 g/mol. The fourth-order valence-corrected chi connectivity index (χ4v) is 2.47. The summed E-state index contributed by atoms with van der Waals surface area (Å²) in [5.74, 6) is -0.836. The molecule has 0 aliphatic rings. The van der Waals surface area contributed by atoms with Crippen molar-refractivity contribution in [3.05, 3.63) is 52.0 Å². The number of benzene rings is 1. The summed E-state index contributed by atoms with van der Waals surface area (Å²) in [6.45, 7) is 2.76. The van der Waals surface area contributed by atoms with E-state index < -0.39 is 11.6 Å². The van der Waals surface area contributed by atoms with Crippen molar-refractivity contribution in [2.45, 2.75) is 19.4 Å². The van der Waals surface area contributed by atoms with Crippen LogP contribution in [0.3, 0.4) is 0 Å². The fourth-order valence-electron chi connectivity index (χ4n) is 1.76. The van der Waals surface area contributed by atoms with Gasteiger partial charge in [-0.05, 0) is 31.2 Å². The Morgan fingerprint density at radius 1 is 1.39 bits per heavy atom. The second kappa shape index (κ2) is 6.02. The molecule has 0 aliphatic heterocycles. The van der Waals surface area contributed by atoms with Gasteiger partial charge < -0.3 is 5.32 Å². The highest BCUT2D eigenvalue weighted by molar-refractivity contribution is 7.09. The average molecular weight is 268 g/mol. The molecule has 1 unspecified atom stereocenters. The molecule has 1 heterocycles. The van der Waals surface area contributed by atoms with Gasteiger partial charge in [0.15, 0.2) is 0 Å². The van der Waals surface area contributed by atoms with Crippen molar-refractivity contribution in [1.82, 2.24) is 10.3 Å². The number of hydrogen-bond acceptors (Lipinski definition) is 3. The minimum atomic E-state index is -0.431. The molecule has 0 radical (unpaired) electrons. The third-order valence-corrected chi connectivity index (χ3v) is 3.44. The number of nitrogens with one attached hydrogen (secondary N) is 1. The van der Waals surface area contributed by atoms with Crippen LogP contribution in [0.25, 0.3) is 0 Å².